The Kier molecular flexibility index (Phi) is 6.54. The first-order valence-electron chi connectivity index (χ1n) is 8.80. The minimum atomic E-state index is -0.953. The van der Waals surface area contributed by atoms with E-state index in [0.29, 0.717) is 15.7 Å². The van der Waals surface area contributed by atoms with Crippen molar-refractivity contribution in [3.05, 3.63) is 81.3 Å². The van der Waals surface area contributed by atoms with Gasteiger partial charge in [0, 0.05) is 38.4 Å². The number of hydrogen-bond acceptors (Lipinski definition) is 3. The molecule has 0 aliphatic carbocycles. The Morgan fingerprint density at radius 2 is 1.63 bits per heavy atom. The van der Waals surface area contributed by atoms with Crippen LogP contribution in [0.3, 0.4) is 0 Å². The Balaban J connectivity index is 1.69. The summed E-state index contributed by atoms with van der Waals surface area (Å²) in [7, 11) is 0. The first-order valence-corrected chi connectivity index (χ1v) is 9.55. The largest absolute Gasteiger partial charge is 0.329 e. The molecule has 2 amide bonds. The average molecular weight is 447 g/mol. The maximum absolute atomic E-state index is 12.9. The molecule has 0 aliphatic rings. The van der Waals surface area contributed by atoms with E-state index in [2.05, 4.69) is 15.8 Å². The molecule has 154 valence electrons. The van der Waals surface area contributed by atoms with Crippen LogP contribution in [-0.4, -0.2) is 22.6 Å². The van der Waals surface area contributed by atoms with Crippen LogP contribution in [0.25, 0.3) is 5.69 Å². The second-order valence-corrected chi connectivity index (χ2v) is 7.32. The summed E-state index contributed by atoms with van der Waals surface area (Å²) < 4.78 is 14.8. The van der Waals surface area contributed by atoms with E-state index in [4.69, 9.17) is 23.2 Å². The molecule has 0 atom stereocenters. The number of amides is 2. The van der Waals surface area contributed by atoms with Crippen molar-refractivity contribution in [1.82, 2.24) is 9.99 Å². The number of aromatic nitrogens is 1. The number of hydrogen-bond donors (Lipinski definition) is 2. The highest BCUT2D eigenvalue weighted by molar-refractivity contribution is 6.39. The maximum atomic E-state index is 12.9. The van der Waals surface area contributed by atoms with Crippen LogP contribution < -0.4 is 10.7 Å². The fraction of sp³-hybridized carbons (Fsp3) is 0.0952. The molecule has 0 saturated heterocycles. The van der Waals surface area contributed by atoms with Crippen molar-refractivity contribution in [3.63, 3.8) is 0 Å². The van der Waals surface area contributed by atoms with Gasteiger partial charge < -0.3 is 9.88 Å². The quantitative estimate of drug-likeness (QED) is 0.348. The van der Waals surface area contributed by atoms with Gasteiger partial charge in [-0.3, -0.25) is 9.59 Å². The molecule has 0 radical (unpaired) electrons. The number of halogens is 3. The van der Waals surface area contributed by atoms with Gasteiger partial charge in [-0.05, 0) is 62.4 Å². The van der Waals surface area contributed by atoms with Crippen LogP contribution in [0.5, 0.6) is 0 Å². The minimum Gasteiger partial charge on any atom is -0.318 e. The molecule has 0 fully saturated rings. The highest BCUT2D eigenvalue weighted by Crippen LogP contribution is 2.26. The van der Waals surface area contributed by atoms with Crippen LogP contribution in [0.4, 0.5) is 10.1 Å². The number of rotatable bonds is 4. The van der Waals surface area contributed by atoms with E-state index in [9.17, 15) is 14.0 Å². The topological polar surface area (TPSA) is 75.5 Å². The molecule has 2 N–H and O–H groups in total. The molecule has 30 heavy (non-hydrogen) atoms. The standard InChI is InChI=1S/C21H17Cl2FN4O2/c1-12-7-14(13(2)28(12)19-9-15(22)8-16(23)10-19)11-25-27-21(30)20(29)26-18-5-3-17(24)4-6-18/h3-11H,1-2H3,(H,26,29)(H,27,30)/b25-11-. The third-order valence-electron chi connectivity index (χ3n) is 4.25. The highest BCUT2D eigenvalue weighted by Gasteiger charge is 2.14. The van der Waals surface area contributed by atoms with Gasteiger partial charge >= 0.3 is 11.8 Å². The molecular weight excluding hydrogens is 430 g/mol. The van der Waals surface area contributed by atoms with Crippen LogP contribution in [0.2, 0.25) is 10.0 Å². The fourth-order valence-corrected chi connectivity index (χ4v) is 3.43. The van der Waals surface area contributed by atoms with Crippen LogP contribution in [0.15, 0.2) is 53.6 Å². The van der Waals surface area contributed by atoms with Gasteiger partial charge in [0.2, 0.25) is 0 Å². The lowest BCUT2D eigenvalue weighted by Crippen LogP contribution is -2.32. The zero-order valence-corrected chi connectivity index (χ0v) is 17.6. The van der Waals surface area contributed by atoms with Crippen molar-refractivity contribution in [3.8, 4) is 5.69 Å². The van der Waals surface area contributed by atoms with Crippen molar-refractivity contribution in [2.45, 2.75) is 13.8 Å². The second kappa shape index (κ2) is 9.11. The molecule has 2 aromatic carbocycles. The van der Waals surface area contributed by atoms with Gasteiger partial charge in [0.05, 0.1) is 6.21 Å². The summed E-state index contributed by atoms with van der Waals surface area (Å²) in [5, 5.41) is 7.23. The first kappa shape index (κ1) is 21.5. The lowest BCUT2D eigenvalue weighted by Gasteiger charge is -2.10. The number of hydrazone groups is 1. The van der Waals surface area contributed by atoms with Gasteiger partial charge in [-0.2, -0.15) is 5.10 Å². The van der Waals surface area contributed by atoms with Gasteiger partial charge in [-0.25, -0.2) is 9.82 Å². The monoisotopic (exact) mass is 446 g/mol. The third kappa shape index (κ3) is 5.06. The van der Waals surface area contributed by atoms with Crippen LogP contribution in [0.1, 0.15) is 17.0 Å². The lowest BCUT2D eigenvalue weighted by molar-refractivity contribution is -0.136. The summed E-state index contributed by atoms with van der Waals surface area (Å²) in [4.78, 5) is 23.8. The van der Waals surface area contributed by atoms with E-state index >= 15 is 0 Å². The number of anilines is 1. The summed E-state index contributed by atoms with van der Waals surface area (Å²) in [6.07, 6.45) is 1.44. The summed E-state index contributed by atoms with van der Waals surface area (Å²) in [6, 6.07) is 12.1. The summed E-state index contributed by atoms with van der Waals surface area (Å²) in [5.74, 6) is -2.32. The molecule has 0 aliphatic heterocycles. The smallest absolute Gasteiger partial charge is 0.318 e. The molecule has 6 nitrogen and oxygen atoms in total. The third-order valence-corrected chi connectivity index (χ3v) is 4.69. The van der Waals surface area contributed by atoms with Crippen LogP contribution >= 0.6 is 23.2 Å². The number of carbonyl (C=O) groups excluding carboxylic acids is 2. The van der Waals surface area contributed by atoms with Gasteiger partial charge in [0.25, 0.3) is 0 Å². The van der Waals surface area contributed by atoms with E-state index < -0.39 is 17.6 Å². The van der Waals surface area contributed by atoms with E-state index in [1.807, 2.05) is 24.5 Å². The van der Waals surface area contributed by atoms with E-state index in [0.717, 1.165) is 22.6 Å². The lowest BCUT2D eigenvalue weighted by atomic mass is 10.2. The van der Waals surface area contributed by atoms with Gasteiger partial charge in [-0.1, -0.05) is 23.2 Å². The average Bonchev–Trinajstić information content (AvgIpc) is 2.96. The molecule has 0 bridgehead atoms. The second-order valence-electron chi connectivity index (χ2n) is 6.45. The number of benzene rings is 2. The Labute approximate surface area is 182 Å². The van der Waals surface area contributed by atoms with Crippen LogP contribution in [0, 0.1) is 19.7 Å². The predicted octanol–water partition coefficient (Wildman–Crippen LogP) is 4.63. The highest BCUT2D eigenvalue weighted by atomic mass is 35.5. The van der Waals surface area contributed by atoms with E-state index in [-0.39, 0.29) is 0 Å². The molecular formula is C21H17Cl2FN4O2. The molecule has 0 spiro atoms. The fourth-order valence-electron chi connectivity index (χ4n) is 2.92. The number of aryl methyl sites for hydroxylation is 1. The Hall–Kier alpha value is -3.16. The van der Waals surface area contributed by atoms with E-state index in [1.54, 1.807) is 18.2 Å². The SMILES string of the molecule is Cc1cc(/C=N\NC(=O)C(=O)Nc2ccc(F)cc2)c(C)n1-c1cc(Cl)cc(Cl)c1. The van der Waals surface area contributed by atoms with Crippen molar-refractivity contribution < 1.29 is 14.0 Å². The molecule has 9 heteroatoms. The summed E-state index contributed by atoms with van der Waals surface area (Å²) >= 11 is 12.2. The molecule has 3 rings (SSSR count). The molecule has 0 unspecified atom stereocenters. The minimum absolute atomic E-state index is 0.296. The Morgan fingerprint density at radius 3 is 2.27 bits per heavy atom. The van der Waals surface area contributed by atoms with Gasteiger partial charge in [0.1, 0.15) is 5.82 Å². The van der Waals surface area contributed by atoms with Crippen molar-refractivity contribution in [1.29, 1.82) is 0 Å². The zero-order chi connectivity index (χ0) is 21.8. The number of nitrogens with zero attached hydrogens (tertiary/aromatic N) is 2. The van der Waals surface area contributed by atoms with Crippen molar-refractivity contribution in [2.24, 2.45) is 5.10 Å². The Morgan fingerprint density at radius 1 is 1.00 bits per heavy atom. The molecule has 0 saturated carbocycles. The van der Waals surface area contributed by atoms with E-state index in [1.165, 1.54) is 30.5 Å². The zero-order valence-electron chi connectivity index (χ0n) is 16.0. The van der Waals surface area contributed by atoms with Gasteiger partial charge in [0.15, 0.2) is 0 Å². The summed E-state index contributed by atoms with van der Waals surface area (Å²) in [6.45, 7) is 3.79. The van der Waals surface area contributed by atoms with Crippen LogP contribution in [-0.2, 0) is 9.59 Å². The number of nitrogens with one attached hydrogen (secondary N) is 2. The molecule has 3 aromatic rings. The van der Waals surface area contributed by atoms with Crippen molar-refractivity contribution in [2.75, 3.05) is 5.32 Å². The summed E-state index contributed by atoms with van der Waals surface area (Å²) in [5.41, 5.74) is 5.76. The maximum Gasteiger partial charge on any atom is 0.329 e. The Bertz CT molecular complexity index is 1120. The predicted molar refractivity (Wildman–Crippen MR) is 116 cm³/mol. The van der Waals surface area contributed by atoms with Crippen molar-refractivity contribution >= 4 is 46.9 Å². The number of carbonyl (C=O) groups is 2. The first-order chi connectivity index (χ1) is 14.2. The normalized spacial score (nSPS) is 11.0. The molecule has 1 heterocycles. The van der Waals surface area contributed by atoms with Gasteiger partial charge in [-0.15, -0.1) is 0 Å². The molecule has 1 aromatic heterocycles.